The Morgan fingerprint density at radius 1 is 1.15 bits per heavy atom. The second-order valence-corrected chi connectivity index (χ2v) is 7.32. The van der Waals surface area contributed by atoms with Crippen LogP contribution in [0.15, 0.2) is 36.5 Å². The van der Waals surface area contributed by atoms with Crippen molar-refractivity contribution in [3.8, 4) is 0 Å². The molecule has 0 saturated heterocycles. The van der Waals surface area contributed by atoms with Gasteiger partial charge in [0.05, 0.1) is 35.4 Å². The molecule has 0 aliphatic rings. The molecule has 1 amide bonds. The number of nitrogens with zero attached hydrogens (tertiary/aromatic N) is 4. The van der Waals surface area contributed by atoms with Crippen molar-refractivity contribution in [1.82, 2.24) is 19.6 Å². The zero-order chi connectivity index (χ0) is 19.6. The van der Waals surface area contributed by atoms with Crippen molar-refractivity contribution < 1.29 is 4.79 Å². The third kappa shape index (κ3) is 4.57. The molecule has 1 aromatic carbocycles. The molecule has 0 spiro atoms. The Labute approximate surface area is 164 Å². The molecule has 7 heteroatoms. The summed E-state index contributed by atoms with van der Waals surface area (Å²) in [6.07, 6.45) is 1.86. The molecule has 142 valence electrons. The fourth-order valence-electron chi connectivity index (χ4n) is 2.84. The first-order valence-electron chi connectivity index (χ1n) is 8.93. The minimum atomic E-state index is -0.263. The van der Waals surface area contributed by atoms with E-state index in [1.54, 1.807) is 10.7 Å². The lowest BCUT2D eigenvalue weighted by molar-refractivity contribution is -0.119. The second-order valence-electron chi connectivity index (χ2n) is 6.94. The van der Waals surface area contributed by atoms with Crippen LogP contribution in [0.4, 0.5) is 5.82 Å². The van der Waals surface area contributed by atoms with Gasteiger partial charge in [-0.15, -0.1) is 0 Å². The molecule has 1 unspecified atom stereocenters. The Hall–Kier alpha value is -2.60. The van der Waals surface area contributed by atoms with E-state index in [2.05, 4.69) is 46.7 Å². The van der Waals surface area contributed by atoms with Crippen LogP contribution in [0.25, 0.3) is 0 Å². The van der Waals surface area contributed by atoms with E-state index in [9.17, 15) is 4.79 Å². The topological polar surface area (TPSA) is 64.7 Å². The van der Waals surface area contributed by atoms with E-state index in [1.807, 2.05) is 31.6 Å². The Bertz CT molecular complexity index is 942. The van der Waals surface area contributed by atoms with Crippen molar-refractivity contribution in [1.29, 1.82) is 0 Å². The molecule has 3 aromatic rings. The fourth-order valence-corrected chi connectivity index (χ4v) is 2.98. The summed E-state index contributed by atoms with van der Waals surface area (Å²) >= 11 is 6.17. The van der Waals surface area contributed by atoms with Crippen molar-refractivity contribution in [3.63, 3.8) is 0 Å². The van der Waals surface area contributed by atoms with Gasteiger partial charge in [0.2, 0.25) is 5.91 Å². The van der Waals surface area contributed by atoms with Crippen LogP contribution in [0.5, 0.6) is 0 Å². The quantitative estimate of drug-likeness (QED) is 0.697. The Kier molecular flexibility index (Phi) is 5.65. The van der Waals surface area contributed by atoms with Gasteiger partial charge in [0.1, 0.15) is 0 Å². The van der Waals surface area contributed by atoms with Crippen LogP contribution in [0.1, 0.15) is 29.4 Å². The molecule has 2 aromatic heterocycles. The maximum Gasteiger partial charge on any atom is 0.230 e. The van der Waals surface area contributed by atoms with Crippen LogP contribution < -0.4 is 5.32 Å². The van der Waals surface area contributed by atoms with Crippen molar-refractivity contribution >= 4 is 23.3 Å². The van der Waals surface area contributed by atoms with Gasteiger partial charge in [0.25, 0.3) is 0 Å². The number of nitrogens with one attached hydrogen (secondary N) is 1. The van der Waals surface area contributed by atoms with Crippen molar-refractivity contribution in [2.75, 3.05) is 5.32 Å². The Morgan fingerprint density at radius 2 is 1.85 bits per heavy atom. The number of hydrogen-bond acceptors (Lipinski definition) is 3. The highest BCUT2D eigenvalue weighted by atomic mass is 35.5. The molecule has 0 bridgehead atoms. The molecule has 1 atom stereocenters. The van der Waals surface area contributed by atoms with E-state index in [4.69, 9.17) is 11.6 Å². The Morgan fingerprint density at radius 3 is 2.48 bits per heavy atom. The van der Waals surface area contributed by atoms with Crippen molar-refractivity contribution in [2.45, 2.75) is 40.8 Å². The van der Waals surface area contributed by atoms with E-state index in [0.717, 1.165) is 17.0 Å². The number of carbonyl (C=O) groups excluding carboxylic acids is 1. The van der Waals surface area contributed by atoms with Crippen LogP contribution in [-0.4, -0.2) is 25.5 Å². The first-order valence-corrected chi connectivity index (χ1v) is 9.30. The minimum absolute atomic E-state index is 0.0979. The summed E-state index contributed by atoms with van der Waals surface area (Å²) in [6.45, 7) is 8.82. The number of carbonyl (C=O) groups is 1. The Balaban J connectivity index is 1.59. The number of benzene rings is 1. The van der Waals surface area contributed by atoms with Gasteiger partial charge in [0.15, 0.2) is 5.82 Å². The highest BCUT2D eigenvalue weighted by molar-refractivity contribution is 6.31. The molecule has 0 fully saturated rings. The summed E-state index contributed by atoms with van der Waals surface area (Å²) in [7, 11) is 0. The third-order valence-electron chi connectivity index (χ3n) is 4.54. The standard InChI is InChI=1S/C20H24ClN5O/c1-13-5-7-17(8-6-13)12-25-10-9-18(24-25)22-20(27)14(2)11-26-16(4)19(21)15(3)23-26/h5-10,14H,11-12H2,1-4H3,(H,22,24,27). The number of aryl methyl sites for hydroxylation is 2. The fraction of sp³-hybridized carbons (Fsp3) is 0.350. The van der Waals surface area contributed by atoms with Gasteiger partial charge in [0, 0.05) is 12.3 Å². The molecular weight excluding hydrogens is 362 g/mol. The normalized spacial score (nSPS) is 12.2. The molecule has 0 aliphatic carbocycles. The summed E-state index contributed by atoms with van der Waals surface area (Å²) < 4.78 is 3.59. The van der Waals surface area contributed by atoms with Crippen molar-refractivity contribution in [3.05, 3.63) is 64.1 Å². The van der Waals surface area contributed by atoms with Gasteiger partial charge in [-0.05, 0) is 26.3 Å². The molecule has 3 rings (SSSR count). The lowest BCUT2D eigenvalue weighted by Crippen LogP contribution is -2.25. The van der Waals surface area contributed by atoms with Crippen LogP contribution in [0.2, 0.25) is 5.02 Å². The summed E-state index contributed by atoms with van der Waals surface area (Å²) in [5, 5.41) is 12.3. The summed E-state index contributed by atoms with van der Waals surface area (Å²) in [6, 6.07) is 10.1. The zero-order valence-electron chi connectivity index (χ0n) is 16.0. The molecule has 6 nitrogen and oxygen atoms in total. The highest BCUT2D eigenvalue weighted by Crippen LogP contribution is 2.20. The van der Waals surface area contributed by atoms with Gasteiger partial charge in [-0.2, -0.15) is 10.2 Å². The van der Waals surface area contributed by atoms with Crippen molar-refractivity contribution in [2.24, 2.45) is 5.92 Å². The van der Waals surface area contributed by atoms with E-state index in [-0.39, 0.29) is 11.8 Å². The monoisotopic (exact) mass is 385 g/mol. The molecule has 2 heterocycles. The number of anilines is 1. The first kappa shape index (κ1) is 19.2. The highest BCUT2D eigenvalue weighted by Gasteiger charge is 2.18. The van der Waals surface area contributed by atoms with Crippen LogP contribution in [-0.2, 0) is 17.9 Å². The van der Waals surface area contributed by atoms with E-state index in [1.165, 1.54) is 5.56 Å². The molecule has 27 heavy (non-hydrogen) atoms. The van der Waals surface area contributed by atoms with Gasteiger partial charge < -0.3 is 5.32 Å². The largest absolute Gasteiger partial charge is 0.309 e. The van der Waals surface area contributed by atoms with Crippen LogP contribution >= 0.6 is 11.6 Å². The SMILES string of the molecule is Cc1ccc(Cn2ccc(NC(=O)C(C)Cn3nc(C)c(Cl)c3C)n2)cc1. The number of amides is 1. The van der Waals surface area contributed by atoms with Gasteiger partial charge >= 0.3 is 0 Å². The van der Waals surface area contributed by atoms with Gasteiger partial charge in [-0.3, -0.25) is 14.2 Å². The van der Waals surface area contributed by atoms with Crippen LogP contribution in [0, 0.1) is 26.7 Å². The van der Waals surface area contributed by atoms with Gasteiger partial charge in [-0.25, -0.2) is 0 Å². The molecule has 0 aliphatic heterocycles. The number of rotatable bonds is 6. The van der Waals surface area contributed by atoms with E-state index < -0.39 is 0 Å². The lowest BCUT2D eigenvalue weighted by Gasteiger charge is -2.12. The molecular formula is C20H24ClN5O. The summed E-state index contributed by atoms with van der Waals surface area (Å²) in [4.78, 5) is 12.5. The molecule has 0 saturated carbocycles. The zero-order valence-corrected chi connectivity index (χ0v) is 16.8. The predicted molar refractivity (Wildman–Crippen MR) is 107 cm³/mol. The number of aromatic nitrogens is 4. The number of halogens is 1. The number of hydrogen-bond donors (Lipinski definition) is 1. The maximum absolute atomic E-state index is 12.5. The smallest absolute Gasteiger partial charge is 0.230 e. The third-order valence-corrected chi connectivity index (χ3v) is 5.09. The average molecular weight is 386 g/mol. The summed E-state index contributed by atoms with van der Waals surface area (Å²) in [5.41, 5.74) is 4.04. The lowest BCUT2D eigenvalue weighted by atomic mass is 10.1. The first-order chi connectivity index (χ1) is 12.8. The minimum Gasteiger partial charge on any atom is -0.309 e. The van der Waals surface area contributed by atoms with E-state index >= 15 is 0 Å². The maximum atomic E-state index is 12.5. The second kappa shape index (κ2) is 7.96. The van der Waals surface area contributed by atoms with Gasteiger partial charge in [-0.1, -0.05) is 48.4 Å². The molecule has 1 N–H and O–H groups in total. The summed E-state index contributed by atoms with van der Waals surface area (Å²) in [5.74, 6) is 0.186. The average Bonchev–Trinajstić information content (AvgIpc) is 3.17. The molecule has 0 radical (unpaired) electrons. The predicted octanol–water partition coefficient (Wildman–Crippen LogP) is 3.98. The van der Waals surface area contributed by atoms with Crippen LogP contribution in [0.3, 0.4) is 0 Å². The van der Waals surface area contributed by atoms with E-state index in [0.29, 0.717) is 23.9 Å².